The average Bonchev–Trinajstić information content (AvgIpc) is 3.22. The first kappa shape index (κ1) is 32.8. The Balaban J connectivity index is 1.70. The number of hydrogen-bond donors (Lipinski definition) is 1. The molecule has 41 heavy (non-hydrogen) atoms. The van der Waals surface area contributed by atoms with Crippen molar-refractivity contribution in [1.29, 1.82) is 5.26 Å². The summed E-state index contributed by atoms with van der Waals surface area (Å²) in [6.45, 7) is 11.1. The molecule has 0 aromatic carbocycles. The minimum atomic E-state index is -0.728. The summed E-state index contributed by atoms with van der Waals surface area (Å²) >= 11 is 6.87. The molecule has 11 heteroatoms. The predicted molar refractivity (Wildman–Crippen MR) is 169 cm³/mol. The number of thioether (sulfide) groups is 1. The number of piperazine rings is 1. The van der Waals surface area contributed by atoms with Crippen LogP contribution in [0.15, 0.2) is 9.70 Å². The highest BCUT2D eigenvalue weighted by Crippen LogP contribution is 2.36. The first-order chi connectivity index (χ1) is 19.7. The SMILES string of the molecule is CCN1CCN(c2c(/C=C3/SC(=S)N(CCCCCCCCCCC(=O)O)C3=O)c(C)c(C#N)c(=O)n2CC)CC1. The van der Waals surface area contributed by atoms with Gasteiger partial charge in [0.1, 0.15) is 21.8 Å². The van der Waals surface area contributed by atoms with E-state index < -0.39 is 5.97 Å². The highest BCUT2D eigenvalue weighted by molar-refractivity contribution is 8.26. The molecule has 224 valence electrons. The van der Waals surface area contributed by atoms with Gasteiger partial charge in [-0.25, -0.2) is 0 Å². The van der Waals surface area contributed by atoms with Gasteiger partial charge in [-0.15, -0.1) is 0 Å². The molecule has 1 aromatic rings. The third-order valence-corrected chi connectivity index (χ3v) is 9.33. The van der Waals surface area contributed by atoms with Crippen molar-refractivity contribution in [2.24, 2.45) is 0 Å². The van der Waals surface area contributed by atoms with Gasteiger partial charge < -0.3 is 14.9 Å². The minimum absolute atomic E-state index is 0.117. The van der Waals surface area contributed by atoms with Gasteiger partial charge in [0.2, 0.25) is 0 Å². The van der Waals surface area contributed by atoms with Crippen LogP contribution >= 0.6 is 24.0 Å². The lowest BCUT2D eigenvalue weighted by Gasteiger charge is -2.37. The van der Waals surface area contributed by atoms with Crippen LogP contribution in [0.4, 0.5) is 5.82 Å². The summed E-state index contributed by atoms with van der Waals surface area (Å²) in [5, 5.41) is 18.5. The highest BCUT2D eigenvalue weighted by atomic mass is 32.2. The summed E-state index contributed by atoms with van der Waals surface area (Å²) in [6.07, 6.45) is 9.99. The number of likely N-dealkylation sites (N-methyl/N-ethyl adjacent to an activating group) is 1. The van der Waals surface area contributed by atoms with Crippen LogP contribution in [-0.4, -0.2) is 74.9 Å². The van der Waals surface area contributed by atoms with Crippen molar-refractivity contribution in [1.82, 2.24) is 14.4 Å². The Kier molecular flexibility index (Phi) is 12.9. The number of carboxylic acid groups (broad SMARTS) is 1. The quantitative estimate of drug-likeness (QED) is 0.169. The van der Waals surface area contributed by atoms with Crippen molar-refractivity contribution in [3.05, 3.63) is 31.9 Å². The predicted octanol–water partition coefficient (Wildman–Crippen LogP) is 4.99. The van der Waals surface area contributed by atoms with Crippen LogP contribution in [0.3, 0.4) is 0 Å². The number of anilines is 1. The second-order valence-electron chi connectivity index (χ2n) is 10.6. The molecule has 0 atom stereocenters. The molecule has 1 N–H and O–H groups in total. The van der Waals surface area contributed by atoms with Gasteiger partial charge in [0.25, 0.3) is 11.5 Å². The lowest BCUT2D eigenvalue weighted by molar-refractivity contribution is -0.137. The zero-order chi connectivity index (χ0) is 29.9. The number of hydrogen-bond acceptors (Lipinski definition) is 8. The van der Waals surface area contributed by atoms with E-state index in [0.717, 1.165) is 95.5 Å². The number of pyridine rings is 1. The normalized spacial score (nSPS) is 17.1. The van der Waals surface area contributed by atoms with Crippen LogP contribution in [0.2, 0.25) is 0 Å². The van der Waals surface area contributed by atoms with Gasteiger partial charge in [0.15, 0.2) is 0 Å². The van der Waals surface area contributed by atoms with Gasteiger partial charge in [0, 0.05) is 51.3 Å². The van der Waals surface area contributed by atoms with Crippen molar-refractivity contribution in [3.8, 4) is 6.07 Å². The van der Waals surface area contributed by atoms with E-state index in [1.54, 1.807) is 16.4 Å². The molecule has 0 radical (unpaired) electrons. The standard InChI is InChI=1S/C30H43N5O4S2/c1-4-32-16-18-33(19-17-32)27-23(22(3)24(21-31)28(38)34(27)5-2)20-25-29(39)35(30(40)41-25)15-13-11-9-7-6-8-10-12-14-26(36)37/h20H,4-19H2,1-3H3,(H,36,37)/b25-20+. The van der Waals surface area contributed by atoms with Crippen molar-refractivity contribution >= 4 is 52.1 Å². The van der Waals surface area contributed by atoms with Crippen molar-refractivity contribution in [2.45, 2.75) is 85.1 Å². The Labute approximate surface area is 253 Å². The van der Waals surface area contributed by atoms with Crippen molar-refractivity contribution in [3.63, 3.8) is 0 Å². The van der Waals surface area contributed by atoms with Crippen LogP contribution in [0.25, 0.3) is 6.08 Å². The van der Waals surface area contributed by atoms with Gasteiger partial charge in [0.05, 0.1) is 4.91 Å². The first-order valence-electron chi connectivity index (χ1n) is 14.8. The molecule has 0 spiro atoms. The van der Waals surface area contributed by atoms with Crippen LogP contribution < -0.4 is 10.5 Å². The molecule has 0 saturated carbocycles. The largest absolute Gasteiger partial charge is 0.481 e. The number of amides is 1. The van der Waals surface area contributed by atoms with Crippen LogP contribution in [0.5, 0.6) is 0 Å². The zero-order valence-electron chi connectivity index (χ0n) is 24.6. The second kappa shape index (κ2) is 16.1. The van der Waals surface area contributed by atoms with Crippen LogP contribution in [0, 0.1) is 18.3 Å². The lowest BCUT2D eigenvalue weighted by atomic mass is 10.0. The molecule has 0 bridgehead atoms. The number of carboxylic acids is 1. The Bertz CT molecular complexity index is 1240. The Morgan fingerprint density at radius 3 is 2.17 bits per heavy atom. The molecule has 9 nitrogen and oxygen atoms in total. The van der Waals surface area contributed by atoms with Gasteiger partial charge in [-0.1, -0.05) is 69.4 Å². The smallest absolute Gasteiger partial charge is 0.303 e. The molecule has 3 heterocycles. The van der Waals surface area contributed by atoms with Gasteiger partial charge >= 0.3 is 5.97 Å². The van der Waals surface area contributed by atoms with Gasteiger partial charge in [-0.05, 0) is 44.9 Å². The van der Waals surface area contributed by atoms with Crippen molar-refractivity contribution < 1.29 is 14.7 Å². The van der Waals surface area contributed by atoms with Crippen LogP contribution in [-0.2, 0) is 16.1 Å². The fraction of sp³-hybridized carbons (Fsp3) is 0.633. The first-order valence-corrected chi connectivity index (χ1v) is 16.1. The summed E-state index contributed by atoms with van der Waals surface area (Å²) < 4.78 is 2.21. The molecular weight excluding hydrogens is 558 g/mol. The Morgan fingerprint density at radius 2 is 1.61 bits per heavy atom. The van der Waals surface area contributed by atoms with E-state index in [0.29, 0.717) is 27.9 Å². The third-order valence-electron chi connectivity index (χ3n) is 7.95. The van der Waals surface area contributed by atoms with Crippen LogP contribution in [0.1, 0.15) is 88.3 Å². The minimum Gasteiger partial charge on any atom is -0.481 e. The number of unbranched alkanes of at least 4 members (excludes halogenated alkanes) is 7. The summed E-state index contributed by atoms with van der Waals surface area (Å²) in [6, 6.07) is 2.10. The number of aliphatic carboxylic acids is 1. The zero-order valence-corrected chi connectivity index (χ0v) is 26.2. The maximum Gasteiger partial charge on any atom is 0.303 e. The number of carbonyl (C=O) groups is 2. The number of nitriles is 1. The monoisotopic (exact) mass is 601 g/mol. The number of rotatable bonds is 15. The second-order valence-corrected chi connectivity index (χ2v) is 12.3. The molecule has 2 saturated heterocycles. The Morgan fingerprint density at radius 1 is 1.00 bits per heavy atom. The fourth-order valence-corrected chi connectivity index (χ4v) is 6.78. The summed E-state index contributed by atoms with van der Waals surface area (Å²) in [5.74, 6) is -0.0706. The topological polar surface area (TPSA) is 110 Å². The molecule has 1 aromatic heterocycles. The molecule has 2 aliphatic rings. The molecule has 0 aliphatic carbocycles. The van der Waals surface area contributed by atoms with E-state index in [-0.39, 0.29) is 23.5 Å². The number of nitrogens with zero attached hydrogens (tertiary/aromatic N) is 5. The number of aromatic nitrogens is 1. The van der Waals surface area contributed by atoms with E-state index in [1.807, 2.05) is 13.0 Å². The average molecular weight is 602 g/mol. The van der Waals surface area contributed by atoms with E-state index in [1.165, 1.54) is 11.8 Å². The Hall–Kier alpha value is -2.68. The van der Waals surface area contributed by atoms with Crippen molar-refractivity contribution in [2.75, 3.05) is 44.2 Å². The van der Waals surface area contributed by atoms with Gasteiger partial charge in [-0.3, -0.25) is 23.9 Å². The summed E-state index contributed by atoms with van der Waals surface area (Å²) in [5.41, 5.74) is 1.18. The number of thiocarbonyl (C=S) groups is 1. The third kappa shape index (κ3) is 8.43. The maximum atomic E-state index is 13.4. The fourth-order valence-electron chi connectivity index (χ4n) is 5.48. The molecule has 2 aliphatic heterocycles. The molecule has 2 fully saturated rings. The highest BCUT2D eigenvalue weighted by Gasteiger charge is 2.33. The van der Waals surface area contributed by atoms with E-state index in [9.17, 15) is 19.6 Å². The lowest BCUT2D eigenvalue weighted by Crippen LogP contribution is -2.48. The summed E-state index contributed by atoms with van der Waals surface area (Å²) in [4.78, 5) is 44.0. The maximum absolute atomic E-state index is 13.4. The molecular formula is C30H43N5O4S2. The molecule has 0 unspecified atom stereocenters. The van der Waals surface area contributed by atoms with E-state index in [4.69, 9.17) is 17.3 Å². The van der Waals surface area contributed by atoms with Gasteiger partial charge in [-0.2, -0.15) is 5.26 Å². The van der Waals surface area contributed by atoms with E-state index in [2.05, 4.69) is 22.8 Å². The summed E-state index contributed by atoms with van der Waals surface area (Å²) in [7, 11) is 0. The molecule has 1 amide bonds. The molecule has 3 rings (SSSR count). The number of carbonyl (C=O) groups excluding carboxylic acids is 1. The van der Waals surface area contributed by atoms with E-state index >= 15 is 0 Å².